The number of aromatic nitrogens is 1. The molecule has 1 heterocycles. The SMILES string of the molecule is COC1=C(C(=O)c2cc(Cl)ccc2-n2cccc2C=O)CCC=C1. The number of methoxy groups -OCH3 is 1. The van der Waals surface area contributed by atoms with Crippen LogP contribution in [0.5, 0.6) is 0 Å². The van der Waals surface area contributed by atoms with Gasteiger partial charge in [0.2, 0.25) is 0 Å². The summed E-state index contributed by atoms with van der Waals surface area (Å²) in [6.45, 7) is 0. The van der Waals surface area contributed by atoms with Gasteiger partial charge in [0.05, 0.1) is 18.5 Å². The van der Waals surface area contributed by atoms with Crippen molar-refractivity contribution in [3.63, 3.8) is 0 Å². The third-order valence-electron chi connectivity index (χ3n) is 3.99. The lowest BCUT2D eigenvalue weighted by atomic mass is 9.94. The minimum Gasteiger partial charge on any atom is -0.496 e. The van der Waals surface area contributed by atoms with Gasteiger partial charge in [-0.2, -0.15) is 0 Å². The highest BCUT2D eigenvalue weighted by Gasteiger charge is 2.22. The van der Waals surface area contributed by atoms with Gasteiger partial charge in [-0.15, -0.1) is 0 Å². The van der Waals surface area contributed by atoms with Crippen LogP contribution in [-0.4, -0.2) is 23.7 Å². The van der Waals surface area contributed by atoms with E-state index in [2.05, 4.69) is 0 Å². The summed E-state index contributed by atoms with van der Waals surface area (Å²) in [5.74, 6) is 0.430. The van der Waals surface area contributed by atoms with Crippen LogP contribution in [-0.2, 0) is 4.74 Å². The molecule has 3 rings (SSSR count). The predicted octanol–water partition coefficient (Wildman–Crippen LogP) is 4.38. The fourth-order valence-electron chi connectivity index (χ4n) is 2.83. The van der Waals surface area contributed by atoms with E-state index in [-0.39, 0.29) is 5.78 Å². The van der Waals surface area contributed by atoms with Crippen molar-refractivity contribution < 1.29 is 14.3 Å². The summed E-state index contributed by atoms with van der Waals surface area (Å²) in [6, 6.07) is 8.53. The number of ether oxygens (including phenoxy) is 1. The largest absolute Gasteiger partial charge is 0.496 e. The molecule has 1 aromatic heterocycles. The highest BCUT2D eigenvalue weighted by molar-refractivity contribution is 6.31. The molecule has 0 aliphatic heterocycles. The van der Waals surface area contributed by atoms with E-state index in [0.29, 0.717) is 39.7 Å². The first-order chi connectivity index (χ1) is 11.7. The van der Waals surface area contributed by atoms with Crippen LogP contribution in [0.25, 0.3) is 5.69 Å². The average molecular weight is 342 g/mol. The van der Waals surface area contributed by atoms with E-state index in [4.69, 9.17) is 16.3 Å². The lowest BCUT2D eigenvalue weighted by Crippen LogP contribution is -2.13. The molecule has 0 unspecified atom stereocenters. The van der Waals surface area contributed by atoms with Gasteiger partial charge >= 0.3 is 0 Å². The minimum atomic E-state index is -0.140. The van der Waals surface area contributed by atoms with E-state index < -0.39 is 0 Å². The van der Waals surface area contributed by atoms with Gasteiger partial charge in [-0.05, 0) is 49.2 Å². The summed E-state index contributed by atoms with van der Waals surface area (Å²) in [4.78, 5) is 24.3. The first kappa shape index (κ1) is 16.3. The van der Waals surface area contributed by atoms with Crippen LogP contribution in [0.15, 0.2) is 60.0 Å². The fraction of sp³-hybridized carbons (Fsp3) is 0.158. The summed E-state index contributed by atoms with van der Waals surface area (Å²) in [7, 11) is 1.55. The van der Waals surface area contributed by atoms with Crippen LogP contribution < -0.4 is 0 Å². The Kier molecular flexibility index (Phi) is 4.67. The maximum atomic E-state index is 13.1. The summed E-state index contributed by atoms with van der Waals surface area (Å²) in [6.07, 6.45) is 7.68. The Morgan fingerprint density at radius 3 is 2.92 bits per heavy atom. The van der Waals surface area contributed by atoms with Gasteiger partial charge in [0, 0.05) is 22.4 Å². The third-order valence-corrected chi connectivity index (χ3v) is 4.22. The van der Waals surface area contributed by atoms with E-state index in [1.165, 1.54) is 0 Å². The van der Waals surface area contributed by atoms with Gasteiger partial charge in [0.15, 0.2) is 12.1 Å². The van der Waals surface area contributed by atoms with Crippen molar-refractivity contribution in [1.82, 2.24) is 4.57 Å². The van der Waals surface area contributed by atoms with E-state index in [0.717, 1.165) is 12.7 Å². The first-order valence-electron chi connectivity index (χ1n) is 7.56. The van der Waals surface area contributed by atoms with Crippen LogP contribution in [0.1, 0.15) is 33.7 Å². The van der Waals surface area contributed by atoms with Crippen molar-refractivity contribution in [2.45, 2.75) is 12.8 Å². The number of hydrogen-bond donors (Lipinski definition) is 0. The van der Waals surface area contributed by atoms with Crippen LogP contribution in [0.4, 0.5) is 0 Å². The number of nitrogens with zero attached hydrogens (tertiary/aromatic N) is 1. The number of aldehydes is 1. The molecule has 2 aromatic rings. The molecule has 1 aromatic carbocycles. The molecule has 0 saturated heterocycles. The van der Waals surface area contributed by atoms with Gasteiger partial charge in [0.1, 0.15) is 5.76 Å². The summed E-state index contributed by atoms with van der Waals surface area (Å²) >= 11 is 6.11. The van der Waals surface area contributed by atoms with Crippen LogP contribution in [0, 0.1) is 0 Å². The number of halogens is 1. The number of allylic oxidation sites excluding steroid dienone is 3. The molecule has 4 nitrogen and oxygen atoms in total. The second-order valence-electron chi connectivity index (χ2n) is 5.40. The Bertz CT molecular complexity index is 861. The highest BCUT2D eigenvalue weighted by atomic mass is 35.5. The normalized spacial score (nSPS) is 13.9. The Balaban J connectivity index is 2.16. The number of Topliss-reactive ketones (excluding diaryl/α,β-unsaturated/α-hetero) is 1. The van der Waals surface area contributed by atoms with E-state index in [1.54, 1.807) is 48.2 Å². The zero-order chi connectivity index (χ0) is 17.1. The van der Waals surface area contributed by atoms with Gasteiger partial charge in [-0.3, -0.25) is 9.59 Å². The quantitative estimate of drug-likeness (QED) is 0.599. The summed E-state index contributed by atoms with van der Waals surface area (Å²) < 4.78 is 7.01. The lowest BCUT2D eigenvalue weighted by molar-refractivity contribution is 0.102. The molecular formula is C19H16ClNO3. The van der Waals surface area contributed by atoms with Crippen LogP contribution in [0.3, 0.4) is 0 Å². The van der Waals surface area contributed by atoms with Crippen molar-refractivity contribution in [1.29, 1.82) is 0 Å². The summed E-state index contributed by atoms with van der Waals surface area (Å²) in [5, 5.41) is 0.466. The number of carbonyl (C=O) groups excluding carboxylic acids is 2. The number of ketones is 1. The lowest BCUT2D eigenvalue weighted by Gasteiger charge is -2.17. The molecule has 0 N–H and O–H groups in total. The van der Waals surface area contributed by atoms with Crippen molar-refractivity contribution in [3.8, 4) is 5.69 Å². The molecule has 0 spiro atoms. The predicted molar refractivity (Wildman–Crippen MR) is 92.9 cm³/mol. The number of benzene rings is 1. The maximum Gasteiger partial charge on any atom is 0.194 e. The molecule has 0 atom stereocenters. The van der Waals surface area contributed by atoms with Gasteiger partial charge in [-0.25, -0.2) is 0 Å². The number of rotatable bonds is 5. The monoisotopic (exact) mass is 341 g/mol. The molecule has 0 saturated carbocycles. The topological polar surface area (TPSA) is 48.3 Å². The van der Waals surface area contributed by atoms with Crippen molar-refractivity contribution in [2.75, 3.05) is 7.11 Å². The molecular weight excluding hydrogens is 326 g/mol. The van der Waals surface area contributed by atoms with E-state index >= 15 is 0 Å². The fourth-order valence-corrected chi connectivity index (χ4v) is 3.00. The molecule has 5 heteroatoms. The molecule has 0 fully saturated rings. The number of hydrogen-bond acceptors (Lipinski definition) is 3. The minimum absolute atomic E-state index is 0.140. The second kappa shape index (κ2) is 6.89. The van der Waals surface area contributed by atoms with Gasteiger partial charge in [0.25, 0.3) is 0 Å². The molecule has 0 amide bonds. The Labute approximate surface area is 145 Å². The highest BCUT2D eigenvalue weighted by Crippen LogP contribution is 2.28. The maximum absolute atomic E-state index is 13.1. The second-order valence-corrected chi connectivity index (χ2v) is 5.84. The molecule has 24 heavy (non-hydrogen) atoms. The zero-order valence-electron chi connectivity index (χ0n) is 13.2. The van der Waals surface area contributed by atoms with Crippen molar-refractivity contribution in [3.05, 3.63) is 76.3 Å². The van der Waals surface area contributed by atoms with Crippen molar-refractivity contribution in [2.24, 2.45) is 0 Å². The van der Waals surface area contributed by atoms with Crippen LogP contribution >= 0.6 is 11.6 Å². The average Bonchev–Trinajstić information content (AvgIpc) is 3.09. The standard InChI is InChI=1S/C19H16ClNO3/c1-24-18-7-3-2-6-15(18)19(23)16-11-13(20)8-9-17(16)21-10-4-5-14(21)12-22/h3-5,7-12H,2,6H2,1H3. The van der Waals surface area contributed by atoms with Gasteiger partial charge < -0.3 is 9.30 Å². The summed E-state index contributed by atoms with van der Waals surface area (Å²) in [5.41, 5.74) is 2.15. The zero-order valence-corrected chi connectivity index (χ0v) is 13.9. The van der Waals surface area contributed by atoms with E-state index in [1.807, 2.05) is 12.2 Å². The Morgan fingerprint density at radius 1 is 1.33 bits per heavy atom. The molecule has 1 aliphatic rings. The van der Waals surface area contributed by atoms with Gasteiger partial charge in [-0.1, -0.05) is 17.7 Å². The molecule has 0 radical (unpaired) electrons. The molecule has 1 aliphatic carbocycles. The number of carbonyl (C=O) groups is 2. The first-order valence-corrected chi connectivity index (χ1v) is 7.94. The molecule has 0 bridgehead atoms. The smallest absolute Gasteiger partial charge is 0.194 e. The Morgan fingerprint density at radius 2 is 2.17 bits per heavy atom. The van der Waals surface area contributed by atoms with Crippen LogP contribution in [0.2, 0.25) is 5.02 Å². The third kappa shape index (κ3) is 2.93. The Hall–Kier alpha value is -2.59. The molecule has 122 valence electrons. The van der Waals surface area contributed by atoms with E-state index in [9.17, 15) is 9.59 Å². The van der Waals surface area contributed by atoms with Crippen molar-refractivity contribution >= 4 is 23.7 Å².